The fraction of sp³-hybridized carbons (Fsp3) is 0.478. The van der Waals surface area contributed by atoms with Gasteiger partial charge in [0.2, 0.25) is 0 Å². The van der Waals surface area contributed by atoms with Crippen molar-refractivity contribution in [2.24, 2.45) is 0 Å². The van der Waals surface area contributed by atoms with E-state index < -0.39 is 5.69 Å². The van der Waals surface area contributed by atoms with Crippen molar-refractivity contribution in [3.05, 3.63) is 80.2 Å². The number of hydrogen-bond donors (Lipinski definition) is 6. The molecule has 0 amide bonds. The second-order valence-corrected chi connectivity index (χ2v) is 9.27. The number of aryl methyl sites for hydroxylation is 3. The fourth-order valence-electron chi connectivity index (χ4n) is 4.78. The van der Waals surface area contributed by atoms with Crippen LogP contribution in [0.3, 0.4) is 0 Å². The molecule has 0 aromatic carbocycles. The molecule has 0 aliphatic heterocycles. The largest absolute Gasteiger partial charge is 0.383 e. The van der Waals surface area contributed by atoms with E-state index in [2.05, 4.69) is 29.9 Å². The number of nitrogens with zero attached hydrogens (tertiary/aromatic N) is 1. The van der Waals surface area contributed by atoms with Crippen molar-refractivity contribution in [1.29, 1.82) is 0 Å². The molecule has 11 nitrogen and oxygen atoms in total. The van der Waals surface area contributed by atoms with Crippen LogP contribution in [0.1, 0.15) is 65.9 Å². The van der Waals surface area contributed by atoms with E-state index in [1.54, 1.807) is 0 Å². The van der Waals surface area contributed by atoms with Gasteiger partial charge >= 0.3 is 11.4 Å². The lowest BCUT2D eigenvalue weighted by Gasteiger charge is -2.15. The average Bonchev–Trinajstić information content (AvgIpc) is 3.29. The number of aromatic nitrogens is 6. The molecule has 0 fully saturated rings. The van der Waals surface area contributed by atoms with Crippen LogP contribution in [0.5, 0.6) is 0 Å². The molecule has 186 valence electrons. The highest BCUT2D eigenvalue weighted by atomic mass is 32.1. The van der Waals surface area contributed by atoms with Gasteiger partial charge in [0, 0.05) is 33.8 Å². The van der Waals surface area contributed by atoms with Crippen molar-refractivity contribution in [3.8, 4) is 0 Å². The first-order valence-electron chi connectivity index (χ1n) is 11.9. The Hall–Kier alpha value is -3.54. The third kappa shape index (κ3) is 5.94. The quantitative estimate of drug-likeness (QED) is 0.250. The molecule has 0 atom stereocenters. The third-order valence-electron chi connectivity index (χ3n) is 6.47. The van der Waals surface area contributed by atoms with Crippen LogP contribution in [-0.2, 0) is 38.5 Å². The first kappa shape index (κ1) is 24.6. The molecule has 3 heterocycles. The normalized spacial score (nSPS) is 15.4. The molecular formula is C23H29N7O4S. The maximum Gasteiger partial charge on any atom is 0.325 e. The number of aromatic amines is 5. The van der Waals surface area contributed by atoms with Gasteiger partial charge in [-0.2, -0.15) is 0 Å². The highest BCUT2D eigenvalue weighted by Crippen LogP contribution is 2.22. The highest BCUT2D eigenvalue weighted by molar-refractivity contribution is 7.71. The van der Waals surface area contributed by atoms with Gasteiger partial charge < -0.3 is 20.7 Å². The van der Waals surface area contributed by atoms with E-state index in [4.69, 9.17) is 18.0 Å². The second-order valence-electron chi connectivity index (χ2n) is 8.88. The smallest absolute Gasteiger partial charge is 0.325 e. The molecule has 12 heteroatoms. The van der Waals surface area contributed by atoms with Crippen molar-refractivity contribution in [2.75, 3.05) is 5.73 Å². The summed E-state index contributed by atoms with van der Waals surface area (Å²) in [6.45, 7) is 0. The van der Waals surface area contributed by atoms with E-state index >= 15 is 0 Å². The zero-order valence-electron chi connectivity index (χ0n) is 19.3. The fourth-order valence-corrected chi connectivity index (χ4v) is 5.00. The summed E-state index contributed by atoms with van der Waals surface area (Å²) in [7, 11) is 0. The number of nitrogens with one attached hydrogen (secondary N) is 5. The minimum absolute atomic E-state index is 0.214. The Morgan fingerprint density at radius 3 is 1.57 bits per heavy atom. The molecule has 35 heavy (non-hydrogen) atoms. The standard InChI is InChI=1S/C8H11N3S.C8H10N2O2.C7H8N2O2/c9-7-5-3-1-2-4-6(5)10-8(12)11-7;11-7-5-3-1-2-4-6(5)9-8(12)10-7;10-6-4-2-1-3-5(4)8-7(11)9-6/h1-4H2,(H3,9,10,11,12);1-4H2,(H2,9,10,11,12);1-3H2,(H2,8,9,10,11). The van der Waals surface area contributed by atoms with Crippen LogP contribution in [0.15, 0.2) is 19.2 Å². The topological polar surface area (TPSA) is 186 Å². The summed E-state index contributed by atoms with van der Waals surface area (Å²) in [6.07, 6.45) is 10.9. The van der Waals surface area contributed by atoms with Gasteiger partial charge in [0.05, 0.1) is 0 Å². The van der Waals surface area contributed by atoms with Gasteiger partial charge in [-0.3, -0.25) is 19.6 Å². The summed E-state index contributed by atoms with van der Waals surface area (Å²) < 4.78 is 0.508. The van der Waals surface area contributed by atoms with Gasteiger partial charge in [0.25, 0.3) is 11.1 Å². The van der Waals surface area contributed by atoms with Gasteiger partial charge in [-0.05, 0) is 82.8 Å². The summed E-state index contributed by atoms with van der Waals surface area (Å²) in [6, 6.07) is 0. The van der Waals surface area contributed by atoms with Crippen molar-refractivity contribution in [1.82, 2.24) is 29.9 Å². The van der Waals surface area contributed by atoms with E-state index in [-0.39, 0.29) is 16.8 Å². The van der Waals surface area contributed by atoms with Gasteiger partial charge in [-0.1, -0.05) is 0 Å². The Balaban J connectivity index is 0.000000124. The number of rotatable bonds is 0. The maximum atomic E-state index is 11.2. The average molecular weight is 500 g/mol. The van der Waals surface area contributed by atoms with Gasteiger partial charge in [0.1, 0.15) is 5.82 Å². The zero-order chi connectivity index (χ0) is 24.9. The lowest BCUT2D eigenvalue weighted by Crippen LogP contribution is -2.29. The maximum absolute atomic E-state index is 11.2. The molecule has 6 rings (SSSR count). The van der Waals surface area contributed by atoms with Crippen LogP contribution in [0.4, 0.5) is 5.82 Å². The molecule has 0 spiro atoms. The number of H-pyrrole nitrogens is 5. The van der Waals surface area contributed by atoms with Crippen molar-refractivity contribution >= 4 is 18.0 Å². The summed E-state index contributed by atoms with van der Waals surface area (Å²) in [4.78, 5) is 60.7. The van der Waals surface area contributed by atoms with Crippen LogP contribution in [0.2, 0.25) is 0 Å². The van der Waals surface area contributed by atoms with Crippen molar-refractivity contribution in [3.63, 3.8) is 0 Å². The van der Waals surface area contributed by atoms with E-state index in [0.29, 0.717) is 10.6 Å². The van der Waals surface area contributed by atoms with Crippen LogP contribution >= 0.6 is 12.2 Å². The first-order valence-corrected chi connectivity index (χ1v) is 12.3. The van der Waals surface area contributed by atoms with Crippen molar-refractivity contribution in [2.45, 2.75) is 70.6 Å². The number of anilines is 1. The van der Waals surface area contributed by atoms with Crippen LogP contribution in [-0.4, -0.2) is 29.9 Å². The molecular weight excluding hydrogens is 470 g/mol. The van der Waals surface area contributed by atoms with Gasteiger partial charge in [-0.15, -0.1) is 0 Å². The summed E-state index contributed by atoms with van der Waals surface area (Å²) in [5.41, 5.74) is 10.1. The van der Waals surface area contributed by atoms with E-state index in [9.17, 15) is 19.2 Å². The number of fused-ring (bicyclic) bond motifs is 3. The van der Waals surface area contributed by atoms with Crippen LogP contribution in [0, 0.1) is 4.77 Å². The SMILES string of the molecule is Nc1nc(=S)[nH]c2c1CCCC2.O=c1[nH]c2c(c(=O)[nH]1)CCC2.O=c1[nH]c2c(c(=O)[nH]1)CCCC2. The van der Waals surface area contributed by atoms with E-state index in [1.807, 2.05) is 0 Å². The van der Waals surface area contributed by atoms with Crippen LogP contribution in [0.25, 0.3) is 0 Å². The number of nitrogen functional groups attached to an aromatic ring is 1. The minimum atomic E-state index is -0.393. The Morgan fingerprint density at radius 2 is 1.00 bits per heavy atom. The van der Waals surface area contributed by atoms with E-state index in [1.165, 1.54) is 24.1 Å². The predicted octanol–water partition coefficient (Wildman–Crippen LogP) is 1.09. The molecule has 3 aliphatic rings. The summed E-state index contributed by atoms with van der Waals surface area (Å²) >= 11 is 4.94. The van der Waals surface area contributed by atoms with Crippen LogP contribution < -0.4 is 28.2 Å². The number of nitrogens with two attached hydrogens (primary N) is 1. The Labute approximate surface area is 204 Å². The first-order chi connectivity index (χ1) is 16.8. The Bertz CT molecular complexity index is 1510. The third-order valence-corrected chi connectivity index (χ3v) is 6.67. The zero-order valence-corrected chi connectivity index (χ0v) is 20.2. The molecule has 0 bridgehead atoms. The lowest BCUT2D eigenvalue weighted by atomic mass is 9.97. The molecule has 3 aromatic heterocycles. The van der Waals surface area contributed by atoms with Gasteiger partial charge in [-0.25, -0.2) is 14.6 Å². The number of hydrogen-bond acceptors (Lipinski definition) is 7. The van der Waals surface area contributed by atoms with Gasteiger partial charge in [0.15, 0.2) is 4.77 Å². The molecule has 0 unspecified atom stereocenters. The molecule has 0 saturated heterocycles. The molecule has 0 saturated carbocycles. The molecule has 3 aliphatic carbocycles. The summed E-state index contributed by atoms with van der Waals surface area (Å²) in [5.74, 6) is 0.619. The second kappa shape index (κ2) is 10.8. The Morgan fingerprint density at radius 1 is 0.571 bits per heavy atom. The molecule has 3 aromatic rings. The lowest BCUT2D eigenvalue weighted by molar-refractivity contribution is 0.651. The van der Waals surface area contributed by atoms with Crippen molar-refractivity contribution < 1.29 is 0 Å². The highest BCUT2D eigenvalue weighted by Gasteiger charge is 2.15. The monoisotopic (exact) mass is 499 g/mol. The predicted molar refractivity (Wildman–Crippen MR) is 135 cm³/mol. The minimum Gasteiger partial charge on any atom is -0.383 e. The van der Waals surface area contributed by atoms with E-state index in [0.717, 1.165) is 80.3 Å². The molecule has 7 N–H and O–H groups in total. The summed E-state index contributed by atoms with van der Waals surface area (Å²) in [5, 5.41) is 0. The Kier molecular flexibility index (Phi) is 7.59. The molecule has 0 radical (unpaired) electrons.